The maximum atomic E-state index is 12.6. The van der Waals surface area contributed by atoms with E-state index in [9.17, 15) is 13.2 Å². The first-order valence-corrected chi connectivity index (χ1v) is 5.29. The first-order chi connectivity index (χ1) is 7.33. The van der Waals surface area contributed by atoms with Crippen molar-refractivity contribution in [3.63, 3.8) is 0 Å². The van der Waals surface area contributed by atoms with Gasteiger partial charge in [0.25, 0.3) is 0 Å². The molecular weight excluding hydrogens is 239 g/mol. The Morgan fingerprint density at radius 3 is 2.38 bits per heavy atom. The first kappa shape index (κ1) is 11.7. The first-order valence-electron chi connectivity index (χ1n) is 4.91. The van der Waals surface area contributed by atoms with Crippen LogP contribution in [0, 0.1) is 0 Å². The van der Waals surface area contributed by atoms with Crippen molar-refractivity contribution >= 4 is 11.6 Å². The highest BCUT2D eigenvalue weighted by Gasteiger charge is 2.38. The van der Waals surface area contributed by atoms with Crippen LogP contribution in [0.2, 0.25) is 5.02 Å². The van der Waals surface area contributed by atoms with E-state index < -0.39 is 11.7 Å². The minimum Gasteiger partial charge on any atom is -0.315 e. The fourth-order valence-corrected chi connectivity index (χ4v) is 2.20. The lowest BCUT2D eigenvalue weighted by Crippen LogP contribution is -2.54. The quantitative estimate of drug-likeness (QED) is 0.806. The van der Waals surface area contributed by atoms with Crippen LogP contribution in [0.25, 0.3) is 0 Å². The maximum absolute atomic E-state index is 12.6. The van der Waals surface area contributed by atoms with E-state index >= 15 is 0 Å². The monoisotopic (exact) mass is 249 g/mol. The number of halogens is 4. The van der Waals surface area contributed by atoms with Crippen LogP contribution in [0.5, 0.6) is 0 Å². The summed E-state index contributed by atoms with van der Waals surface area (Å²) < 4.78 is 37.7. The zero-order valence-corrected chi connectivity index (χ0v) is 9.41. The van der Waals surface area contributed by atoms with Gasteiger partial charge in [-0.15, -0.1) is 0 Å². The largest absolute Gasteiger partial charge is 0.416 e. The molecule has 0 bridgehead atoms. The minimum atomic E-state index is -4.31. The second kappa shape index (κ2) is 3.64. The van der Waals surface area contributed by atoms with Gasteiger partial charge in [0.1, 0.15) is 0 Å². The summed E-state index contributed by atoms with van der Waals surface area (Å²) in [6.45, 7) is 3.23. The predicted octanol–water partition coefficient (Wildman–Crippen LogP) is 3.22. The molecule has 16 heavy (non-hydrogen) atoms. The molecule has 2 rings (SSSR count). The van der Waals surface area contributed by atoms with E-state index in [0.717, 1.165) is 12.1 Å². The van der Waals surface area contributed by atoms with Crippen LogP contribution in [0.15, 0.2) is 18.2 Å². The molecule has 1 N–H and O–H groups in total. The molecule has 0 unspecified atom stereocenters. The van der Waals surface area contributed by atoms with Gasteiger partial charge in [-0.1, -0.05) is 18.5 Å². The van der Waals surface area contributed by atoms with Crippen molar-refractivity contribution < 1.29 is 13.2 Å². The predicted molar refractivity (Wildman–Crippen MR) is 56.7 cm³/mol. The minimum absolute atomic E-state index is 0.279. The molecule has 1 nitrogen and oxygen atoms in total. The molecule has 0 amide bonds. The third-order valence-electron chi connectivity index (χ3n) is 2.97. The Bertz CT molecular complexity index is 410. The maximum Gasteiger partial charge on any atom is 0.416 e. The van der Waals surface area contributed by atoms with Crippen LogP contribution in [-0.4, -0.2) is 13.1 Å². The summed E-state index contributed by atoms with van der Waals surface area (Å²) in [5.74, 6) is 0. The molecule has 0 saturated carbocycles. The van der Waals surface area contributed by atoms with Crippen molar-refractivity contribution in [2.75, 3.05) is 13.1 Å². The summed E-state index contributed by atoms with van der Waals surface area (Å²) in [4.78, 5) is 0. The fraction of sp³-hybridized carbons (Fsp3) is 0.455. The van der Waals surface area contributed by atoms with E-state index in [4.69, 9.17) is 11.6 Å². The Hall–Kier alpha value is -0.740. The smallest absolute Gasteiger partial charge is 0.315 e. The lowest BCUT2D eigenvalue weighted by molar-refractivity contribution is -0.137. The lowest BCUT2D eigenvalue weighted by Gasteiger charge is -2.40. The molecule has 1 heterocycles. The molecule has 1 aliphatic heterocycles. The molecule has 0 radical (unpaired) electrons. The topological polar surface area (TPSA) is 12.0 Å². The van der Waals surface area contributed by atoms with Crippen LogP contribution < -0.4 is 5.32 Å². The van der Waals surface area contributed by atoms with Gasteiger partial charge in [0.15, 0.2) is 0 Å². The highest BCUT2D eigenvalue weighted by molar-refractivity contribution is 6.31. The standard InChI is InChI=1S/C11H11ClF3N/c1-10(5-16-6-10)8-4-7(11(13,14)15)2-3-9(8)12/h2-4,16H,5-6H2,1H3. The van der Waals surface area contributed by atoms with Gasteiger partial charge < -0.3 is 5.32 Å². The molecule has 0 atom stereocenters. The van der Waals surface area contributed by atoms with Crippen LogP contribution in [0.4, 0.5) is 13.2 Å². The van der Waals surface area contributed by atoms with Gasteiger partial charge >= 0.3 is 6.18 Å². The highest BCUT2D eigenvalue weighted by atomic mass is 35.5. The number of rotatable bonds is 1. The normalized spacial score (nSPS) is 19.3. The van der Waals surface area contributed by atoms with E-state index in [0.29, 0.717) is 23.7 Å². The molecule has 1 saturated heterocycles. The van der Waals surface area contributed by atoms with Gasteiger partial charge in [-0.2, -0.15) is 13.2 Å². The van der Waals surface area contributed by atoms with Crippen molar-refractivity contribution in [2.24, 2.45) is 0 Å². The Morgan fingerprint density at radius 1 is 1.31 bits per heavy atom. The van der Waals surface area contributed by atoms with Crippen molar-refractivity contribution in [3.8, 4) is 0 Å². The number of benzene rings is 1. The SMILES string of the molecule is CC1(c2cc(C(F)(F)F)ccc2Cl)CNC1. The zero-order valence-electron chi connectivity index (χ0n) is 8.66. The van der Waals surface area contributed by atoms with Gasteiger partial charge in [0.05, 0.1) is 5.56 Å². The second-order valence-corrected chi connectivity index (χ2v) is 4.76. The van der Waals surface area contributed by atoms with Crippen LogP contribution in [0.1, 0.15) is 18.1 Å². The summed E-state index contributed by atoms with van der Waals surface area (Å²) >= 11 is 5.95. The van der Waals surface area contributed by atoms with Gasteiger partial charge in [0, 0.05) is 23.5 Å². The molecule has 0 aliphatic carbocycles. The molecule has 1 aliphatic rings. The van der Waals surface area contributed by atoms with Crippen LogP contribution in [0.3, 0.4) is 0 Å². The third kappa shape index (κ3) is 1.92. The van der Waals surface area contributed by atoms with Crippen molar-refractivity contribution in [1.82, 2.24) is 5.32 Å². The number of hydrogen-bond acceptors (Lipinski definition) is 1. The summed E-state index contributed by atoms with van der Waals surface area (Å²) in [6, 6.07) is 3.49. The third-order valence-corrected chi connectivity index (χ3v) is 3.30. The summed E-state index contributed by atoms with van der Waals surface area (Å²) in [6.07, 6.45) is -4.31. The highest BCUT2D eigenvalue weighted by Crippen LogP contribution is 2.38. The van der Waals surface area contributed by atoms with E-state index in [-0.39, 0.29) is 5.41 Å². The van der Waals surface area contributed by atoms with Gasteiger partial charge in [-0.05, 0) is 23.8 Å². The molecule has 0 aromatic heterocycles. The summed E-state index contributed by atoms with van der Waals surface area (Å²) in [5, 5.41) is 3.45. The summed E-state index contributed by atoms with van der Waals surface area (Å²) in [7, 11) is 0. The Labute approximate surface area is 96.6 Å². The number of hydrogen-bond donors (Lipinski definition) is 1. The van der Waals surface area contributed by atoms with Gasteiger partial charge in [-0.3, -0.25) is 0 Å². The molecule has 0 spiro atoms. The molecular formula is C11H11ClF3N. The Balaban J connectivity index is 2.45. The van der Waals surface area contributed by atoms with Gasteiger partial charge in [-0.25, -0.2) is 0 Å². The second-order valence-electron chi connectivity index (χ2n) is 4.36. The average Bonchev–Trinajstić information content (AvgIpc) is 2.13. The molecule has 1 fully saturated rings. The van der Waals surface area contributed by atoms with E-state index in [2.05, 4.69) is 5.32 Å². The Morgan fingerprint density at radius 2 is 1.94 bits per heavy atom. The van der Waals surface area contributed by atoms with E-state index in [1.54, 1.807) is 0 Å². The fourth-order valence-electron chi connectivity index (χ4n) is 1.85. The van der Waals surface area contributed by atoms with Crippen LogP contribution in [-0.2, 0) is 11.6 Å². The molecule has 1 aromatic carbocycles. The van der Waals surface area contributed by atoms with E-state index in [1.807, 2.05) is 6.92 Å². The van der Waals surface area contributed by atoms with E-state index in [1.165, 1.54) is 6.07 Å². The molecule has 5 heteroatoms. The van der Waals surface area contributed by atoms with Crippen LogP contribution >= 0.6 is 11.6 Å². The summed E-state index contributed by atoms with van der Waals surface area (Å²) in [5.41, 5.74) is -0.346. The van der Waals surface area contributed by atoms with Crippen molar-refractivity contribution in [1.29, 1.82) is 0 Å². The number of alkyl halides is 3. The average molecular weight is 250 g/mol. The molecule has 88 valence electrons. The van der Waals surface area contributed by atoms with Crippen molar-refractivity contribution in [2.45, 2.75) is 18.5 Å². The number of nitrogens with one attached hydrogen (secondary N) is 1. The molecule has 1 aromatic rings. The Kier molecular flexibility index (Phi) is 2.67. The zero-order chi connectivity index (χ0) is 12.0. The van der Waals surface area contributed by atoms with Gasteiger partial charge in [0.2, 0.25) is 0 Å². The van der Waals surface area contributed by atoms with Crippen molar-refractivity contribution in [3.05, 3.63) is 34.3 Å². The lowest BCUT2D eigenvalue weighted by atomic mass is 9.77.